The number of aromatic nitrogens is 4. The number of rotatable bonds is 11. The molecule has 3 heterocycles. The summed E-state index contributed by atoms with van der Waals surface area (Å²) in [6.45, 7) is 1.02. The monoisotopic (exact) mass is 553 g/mol. The van der Waals surface area contributed by atoms with E-state index in [9.17, 15) is 5.11 Å². The zero-order valence-corrected chi connectivity index (χ0v) is 22.3. The molecule has 1 aliphatic heterocycles. The van der Waals surface area contributed by atoms with Gasteiger partial charge in [0.25, 0.3) is 0 Å². The Hall–Kier alpha value is -4.19. The second-order valence-corrected chi connectivity index (χ2v) is 9.86. The Morgan fingerprint density at radius 1 is 0.805 bits per heavy atom. The van der Waals surface area contributed by atoms with Crippen LogP contribution in [0, 0.1) is 0 Å². The molecule has 0 aliphatic carbocycles. The molecule has 0 bridgehead atoms. The summed E-state index contributed by atoms with van der Waals surface area (Å²) in [4.78, 5) is 8.36. The van der Waals surface area contributed by atoms with Crippen LogP contribution in [0.2, 0.25) is 0 Å². The molecule has 210 valence electrons. The van der Waals surface area contributed by atoms with E-state index >= 15 is 0 Å². The normalized spacial score (nSPS) is 22.3. The van der Waals surface area contributed by atoms with Crippen LogP contribution in [0.5, 0.6) is 0 Å². The van der Waals surface area contributed by atoms with E-state index in [1.165, 1.54) is 17.0 Å². The molecule has 0 radical (unpaired) electrons. The zero-order chi connectivity index (χ0) is 28.1. The lowest BCUT2D eigenvalue weighted by molar-refractivity contribution is -0.256. The molecule has 41 heavy (non-hydrogen) atoms. The summed E-state index contributed by atoms with van der Waals surface area (Å²) < 4.78 is 26.8. The van der Waals surface area contributed by atoms with Crippen molar-refractivity contribution in [1.29, 1.82) is 0 Å². The van der Waals surface area contributed by atoms with Crippen LogP contribution in [0.1, 0.15) is 22.4 Å². The first-order chi connectivity index (χ1) is 20.1. The van der Waals surface area contributed by atoms with Crippen molar-refractivity contribution in [3.63, 3.8) is 0 Å². The van der Waals surface area contributed by atoms with Crippen LogP contribution in [0.4, 0.5) is 5.82 Å². The third-order valence-corrected chi connectivity index (χ3v) is 7.03. The van der Waals surface area contributed by atoms with Crippen molar-refractivity contribution < 1.29 is 24.1 Å². The van der Waals surface area contributed by atoms with Gasteiger partial charge in [0.2, 0.25) is 5.79 Å². The molecule has 1 fully saturated rings. The smallest absolute Gasteiger partial charge is 0.242 e. The minimum absolute atomic E-state index is 0.149. The van der Waals surface area contributed by atoms with Gasteiger partial charge in [-0.3, -0.25) is 0 Å². The summed E-state index contributed by atoms with van der Waals surface area (Å²) in [5.41, 5.74) is 9.52. The van der Waals surface area contributed by atoms with E-state index < -0.39 is 24.1 Å². The number of benzene rings is 3. The highest BCUT2D eigenvalue weighted by Gasteiger charge is 2.59. The first-order valence-electron chi connectivity index (χ1n) is 13.4. The Labute approximate surface area is 237 Å². The largest absolute Gasteiger partial charge is 0.381 e. The van der Waals surface area contributed by atoms with Gasteiger partial charge in [-0.15, -0.1) is 0 Å². The highest BCUT2D eigenvalue weighted by molar-refractivity contribution is 5.59. The Morgan fingerprint density at radius 3 is 2.02 bits per heavy atom. The first kappa shape index (κ1) is 27.0. The van der Waals surface area contributed by atoms with Crippen LogP contribution in [-0.2, 0) is 44.6 Å². The molecule has 10 nitrogen and oxygen atoms in total. The summed E-state index contributed by atoms with van der Waals surface area (Å²) in [5, 5.41) is 16.6. The van der Waals surface area contributed by atoms with E-state index in [1.54, 1.807) is 0 Å². The molecule has 0 amide bonds. The molecular weight excluding hydrogens is 522 g/mol. The predicted octanol–water partition coefficient (Wildman–Crippen LogP) is 3.64. The summed E-state index contributed by atoms with van der Waals surface area (Å²) in [6, 6.07) is 29.4. The number of nitrogens with two attached hydrogens (primary N) is 1. The SMILES string of the molecule is Nc1ncnn2c([C@@]3(O)OC(COCc4ccccc4)C(OCc4ccccc4)C3OCc3ccccc3)cnc12. The number of aliphatic hydroxyl groups is 1. The molecule has 10 heteroatoms. The van der Waals surface area contributed by atoms with Crippen LogP contribution < -0.4 is 5.73 Å². The topological polar surface area (TPSA) is 126 Å². The summed E-state index contributed by atoms with van der Waals surface area (Å²) in [6.07, 6.45) is 0.422. The van der Waals surface area contributed by atoms with Crippen LogP contribution in [0.15, 0.2) is 104 Å². The van der Waals surface area contributed by atoms with E-state index in [2.05, 4.69) is 15.1 Å². The fourth-order valence-corrected chi connectivity index (χ4v) is 4.99. The third-order valence-electron chi connectivity index (χ3n) is 7.03. The summed E-state index contributed by atoms with van der Waals surface area (Å²) in [7, 11) is 0. The van der Waals surface area contributed by atoms with Gasteiger partial charge < -0.3 is 29.8 Å². The number of anilines is 1. The minimum atomic E-state index is -1.99. The highest BCUT2D eigenvalue weighted by atomic mass is 16.7. The van der Waals surface area contributed by atoms with Gasteiger partial charge in [-0.25, -0.2) is 14.5 Å². The molecule has 0 spiro atoms. The quantitative estimate of drug-likeness (QED) is 0.252. The van der Waals surface area contributed by atoms with Gasteiger partial charge in [0.1, 0.15) is 30.3 Å². The second kappa shape index (κ2) is 12.1. The molecule has 3 N–H and O–H groups in total. The number of hydrogen-bond acceptors (Lipinski definition) is 9. The average molecular weight is 554 g/mol. The standard InChI is InChI=1S/C31H31N5O5/c32-29-30-33-16-26(36(30)35-21-34-29)31(37)28(40-19-24-14-8-3-9-15-24)27(39-18-23-12-6-2-7-13-23)25(41-31)20-38-17-22-10-4-1-5-11-22/h1-16,21,25,27-28,37H,17-20H2,(H2,32,34,35)/t25?,27?,28?,31-/m1/s1. The van der Waals surface area contributed by atoms with E-state index in [0.29, 0.717) is 12.3 Å². The number of imidazole rings is 1. The van der Waals surface area contributed by atoms with Gasteiger partial charge in [0, 0.05) is 0 Å². The molecule has 3 unspecified atom stereocenters. The zero-order valence-electron chi connectivity index (χ0n) is 22.3. The van der Waals surface area contributed by atoms with Crippen LogP contribution in [-0.4, -0.2) is 49.6 Å². The van der Waals surface area contributed by atoms with Crippen LogP contribution >= 0.6 is 0 Å². The van der Waals surface area contributed by atoms with Gasteiger partial charge in [-0.2, -0.15) is 5.10 Å². The fourth-order valence-electron chi connectivity index (χ4n) is 4.99. The van der Waals surface area contributed by atoms with E-state index in [4.69, 9.17) is 24.7 Å². The number of hydrogen-bond donors (Lipinski definition) is 2. The lowest BCUT2D eigenvalue weighted by Gasteiger charge is -2.30. The van der Waals surface area contributed by atoms with E-state index in [1.807, 2.05) is 91.0 Å². The molecule has 5 aromatic rings. The lowest BCUT2D eigenvalue weighted by atomic mass is 10.0. The number of fused-ring (bicyclic) bond motifs is 1. The van der Waals surface area contributed by atoms with Crippen LogP contribution in [0.25, 0.3) is 5.65 Å². The number of nitrogen functional groups attached to an aromatic ring is 1. The average Bonchev–Trinajstić information content (AvgIpc) is 3.57. The van der Waals surface area contributed by atoms with Crippen molar-refractivity contribution in [1.82, 2.24) is 19.6 Å². The van der Waals surface area contributed by atoms with Crippen molar-refractivity contribution in [2.75, 3.05) is 12.3 Å². The molecular formula is C31H31N5O5. The molecule has 2 aromatic heterocycles. The second-order valence-electron chi connectivity index (χ2n) is 9.86. The van der Waals surface area contributed by atoms with Crippen LogP contribution in [0.3, 0.4) is 0 Å². The van der Waals surface area contributed by atoms with Gasteiger partial charge in [0.15, 0.2) is 11.5 Å². The van der Waals surface area contributed by atoms with Gasteiger partial charge >= 0.3 is 0 Å². The fraction of sp³-hybridized carbons (Fsp3) is 0.258. The summed E-state index contributed by atoms with van der Waals surface area (Å²) >= 11 is 0. The molecule has 0 saturated carbocycles. The maximum absolute atomic E-state index is 12.3. The molecule has 1 aliphatic rings. The first-order valence-corrected chi connectivity index (χ1v) is 13.4. The maximum Gasteiger partial charge on any atom is 0.242 e. The van der Waals surface area contributed by atoms with Gasteiger partial charge in [0.05, 0.1) is 32.6 Å². The summed E-state index contributed by atoms with van der Waals surface area (Å²) in [5.74, 6) is -1.81. The Morgan fingerprint density at radius 2 is 1.39 bits per heavy atom. The van der Waals surface area contributed by atoms with Gasteiger partial charge in [-0.05, 0) is 16.7 Å². The van der Waals surface area contributed by atoms with Gasteiger partial charge in [-0.1, -0.05) is 91.0 Å². The highest BCUT2D eigenvalue weighted by Crippen LogP contribution is 2.42. The van der Waals surface area contributed by atoms with E-state index in [0.717, 1.165) is 16.7 Å². The Balaban J connectivity index is 1.33. The van der Waals surface area contributed by atoms with Crippen molar-refractivity contribution in [3.05, 3.63) is 126 Å². The van der Waals surface area contributed by atoms with Crippen molar-refractivity contribution in [2.45, 2.75) is 43.9 Å². The predicted molar refractivity (Wildman–Crippen MR) is 150 cm³/mol. The lowest BCUT2D eigenvalue weighted by Crippen LogP contribution is -2.45. The number of ether oxygens (including phenoxy) is 4. The molecule has 4 atom stereocenters. The molecule has 1 saturated heterocycles. The van der Waals surface area contributed by atoms with Crippen molar-refractivity contribution in [2.24, 2.45) is 0 Å². The maximum atomic E-state index is 12.3. The molecule has 3 aromatic carbocycles. The van der Waals surface area contributed by atoms with Crippen molar-refractivity contribution >= 4 is 11.5 Å². The van der Waals surface area contributed by atoms with Crippen molar-refractivity contribution in [3.8, 4) is 0 Å². The Kier molecular flexibility index (Phi) is 7.99. The molecule has 6 rings (SSSR count). The van der Waals surface area contributed by atoms with E-state index in [-0.39, 0.29) is 31.3 Å². The number of nitrogens with zero attached hydrogens (tertiary/aromatic N) is 4. The minimum Gasteiger partial charge on any atom is -0.381 e. The third kappa shape index (κ3) is 5.83. The Bertz CT molecular complexity index is 1550.